The average molecular weight is 1150 g/mol. The van der Waals surface area contributed by atoms with E-state index in [1.807, 2.05) is 84.0 Å². The van der Waals surface area contributed by atoms with Crippen molar-refractivity contribution in [2.24, 2.45) is 23.5 Å². The Balaban J connectivity index is 1.73. The number of nitrogens with two attached hydrogens (primary N) is 1. The van der Waals surface area contributed by atoms with E-state index in [1.165, 1.54) is 0 Å². The summed E-state index contributed by atoms with van der Waals surface area (Å²) in [6, 6.07) is 10.3. The Bertz CT molecular complexity index is 2560. The number of para-hydroxylation sites is 1. The average Bonchev–Trinajstić information content (AvgIpc) is 3.85. The van der Waals surface area contributed by atoms with Crippen LogP contribution >= 0.6 is 0 Å². The van der Waals surface area contributed by atoms with Gasteiger partial charge in [-0.3, -0.25) is 47.9 Å². The number of carbonyl (C=O) groups is 10. The number of hydrogen-bond donors (Lipinski definition) is 13. The summed E-state index contributed by atoms with van der Waals surface area (Å²) in [5.41, 5.74) is 8.56. The second kappa shape index (κ2) is 36.1. The molecule has 0 saturated carbocycles. The number of benzene rings is 2. The normalized spacial score (nSPS) is 14.3. The van der Waals surface area contributed by atoms with Gasteiger partial charge in [0.05, 0.1) is 19.1 Å². The summed E-state index contributed by atoms with van der Waals surface area (Å²) in [7, 11) is 0. The molecule has 23 heteroatoms. The Labute approximate surface area is 480 Å². The minimum Gasteiger partial charge on any atom is -0.481 e. The fraction of sp³-hybridized carbons (Fsp3) is 0.593. The number of aliphatic carboxylic acids is 3. The van der Waals surface area contributed by atoms with Crippen LogP contribution in [-0.2, 0) is 60.8 Å². The number of hydrogen-bond acceptors (Lipinski definition) is 12. The molecule has 1 aromatic heterocycles. The maximum absolute atomic E-state index is 14.0. The van der Waals surface area contributed by atoms with Gasteiger partial charge in [0, 0.05) is 117 Å². The predicted molar refractivity (Wildman–Crippen MR) is 307 cm³/mol. The maximum atomic E-state index is 14.0. The van der Waals surface area contributed by atoms with E-state index in [0.717, 1.165) is 22.0 Å². The van der Waals surface area contributed by atoms with Gasteiger partial charge in [-0.1, -0.05) is 90.1 Å². The maximum Gasteiger partial charge on any atom is 0.305 e. The summed E-state index contributed by atoms with van der Waals surface area (Å²) in [6.07, 6.45) is 0.711. The van der Waals surface area contributed by atoms with E-state index < -0.39 is 121 Å². The van der Waals surface area contributed by atoms with Crippen molar-refractivity contribution < 1.29 is 68.4 Å². The number of carbonyl (C=O) groups excluding carboxylic acids is 7. The first-order valence-electron chi connectivity index (χ1n) is 28.4. The summed E-state index contributed by atoms with van der Waals surface area (Å²) in [4.78, 5) is 132. The molecule has 82 heavy (non-hydrogen) atoms. The predicted octanol–water partition coefficient (Wildman–Crippen LogP) is 3.74. The van der Waals surface area contributed by atoms with Crippen molar-refractivity contribution in [1.29, 1.82) is 0 Å². The molecule has 0 bridgehead atoms. The van der Waals surface area contributed by atoms with E-state index in [1.54, 1.807) is 18.3 Å². The lowest BCUT2D eigenvalue weighted by Gasteiger charge is -2.25. The highest BCUT2D eigenvalue weighted by Gasteiger charge is 2.29. The van der Waals surface area contributed by atoms with Crippen LogP contribution in [0.15, 0.2) is 60.8 Å². The highest BCUT2D eigenvalue weighted by Crippen LogP contribution is 2.21. The zero-order chi connectivity index (χ0) is 60.9. The molecule has 0 spiro atoms. The van der Waals surface area contributed by atoms with E-state index in [4.69, 9.17) is 10.8 Å². The molecule has 1 heterocycles. The Kier molecular flexibility index (Phi) is 30.4. The Morgan fingerprint density at radius 3 is 1.28 bits per heavy atom. The molecule has 0 unspecified atom stereocenters. The molecule has 454 valence electrons. The molecule has 0 radical (unpaired) electrons. The smallest absolute Gasteiger partial charge is 0.305 e. The van der Waals surface area contributed by atoms with Crippen molar-refractivity contribution in [3.05, 3.63) is 71.9 Å². The van der Waals surface area contributed by atoms with Crippen LogP contribution in [0.3, 0.4) is 0 Å². The van der Waals surface area contributed by atoms with Crippen LogP contribution in [0.2, 0.25) is 0 Å². The zero-order valence-corrected chi connectivity index (χ0v) is 48.3. The SMILES string of the molecule is CC(C)C[C@H](N)CC(=O)N[C@@H](CCC(=O)O)CC(=O)N[C@H](CC(=O)N[C@H](CC(=O)N[C@@H](CO)CC(=O)N[C@H](CC(=O)N[C@H](CC(=O)N[C@@H](CCC(=O)O)CC(=O)O)Cc1ccccc1)CC(C)C)Cc1c[nH]c2ccccc12)CC(C)C. The lowest BCUT2D eigenvalue weighted by atomic mass is 9.98. The number of amides is 7. The van der Waals surface area contributed by atoms with Crippen LogP contribution in [0.5, 0.6) is 0 Å². The third-order valence-corrected chi connectivity index (χ3v) is 13.4. The first kappa shape index (κ1) is 68.9. The largest absolute Gasteiger partial charge is 0.481 e. The zero-order valence-electron chi connectivity index (χ0n) is 48.3. The number of carboxylic acids is 3. The van der Waals surface area contributed by atoms with Gasteiger partial charge in [-0.15, -0.1) is 0 Å². The van der Waals surface area contributed by atoms with E-state index in [0.29, 0.717) is 19.3 Å². The highest BCUT2D eigenvalue weighted by atomic mass is 16.4. The fourth-order valence-corrected chi connectivity index (χ4v) is 10.0. The van der Waals surface area contributed by atoms with Crippen LogP contribution in [0.1, 0.15) is 149 Å². The van der Waals surface area contributed by atoms with Gasteiger partial charge in [-0.2, -0.15) is 0 Å². The van der Waals surface area contributed by atoms with Gasteiger partial charge in [0.1, 0.15) is 0 Å². The summed E-state index contributed by atoms with van der Waals surface area (Å²) in [6.45, 7) is 11.0. The van der Waals surface area contributed by atoms with Crippen molar-refractivity contribution in [1.82, 2.24) is 42.2 Å². The van der Waals surface area contributed by atoms with Crippen molar-refractivity contribution >= 4 is 70.2 Å². The number of rotatable bonds is 40. The van der Waals surface area contributed by atoms with Gasteiger partial charge in [0.15, 0.2) is 0 Å². The molecular weight excluding hydrogens is 1060 g/mol. The molecule has 8 atom stereocenters. The molecule has 2 aromatic carbocycles. The van der Waals surface area contributed by atoms with Gasteiger partial charge in [-0.05, 0) is 79.9 Å². The summed E-state index contributed by atoms with van der Waals surface area (Å²) in [5, 5.41) is 58.9. The number of aromatic nitrogens is 1. The van der Waals surface area contributed by atoms with Crippen LogP contribution in [0, 0.1) is 17.8 Å². The number of H-pyrrole nitrogens is 1. The standard InChI is InChI=1S/C59H89N9O14/c1-35(2)20-40(60)25-50(70)62-41(16-18-57(77)78)26-51(71)64-43(21-36(3)4)28-54(74)67-46(24-39-33-61-49-15-11-10-14-48(39)49)30-55(75)68-47(34-69)31-56(76)65-44(22-37(5)6)27-53(73)66-45(23-38-12-8-7-9-13-38)29-52(72)63-42(32-59(81)82)17-19-58(79)80/h7-15,33,35-37,40-47,61,69H,16-32,34,60H2,1-6H3,(H,62,70)(H,63,72)(H,64,71)(H,65,76)(H,66,73)(H,67,74)(H,68,75)(H,77,78)(H,79,80)(H,81,82)/t40-,41-,42-,43-,44-,45-,46-,47+/m0/s1. The van der Waals surface area contributed by atoms with Crippen molar-refractivity contribution in [3.8, 4) is 0 Å². The molecule has 3 rings (SSSR count). The quantitative estimate of drug-likeness (QED) is 0.0386. The molecule has 3 aromatic rings. The molecule has 0 aliphatic heterocycles. The Morgan fingerprint density at radius 2 is 0.817 bits per heavy atom. The molecule has 23 nitrogen and oxygen atoms in total. The number of aromatic amines is 1. The minimum absolute atomic E-state index is 0.00188. The van der Waals surface area contributed by atoms with Crippen LogP contribution < -0.4 is 43.0 Å². The number of aliphatic hydroxyl groups excluding tert-OH is 1. The number of nitrogens with one attached hydrogen (secondary N) is 8. The van der Waals surface area contributed by atoms with E-state index in [2.05, 4.69) is 42.2 Å². The minimum atomic E-state index is -1.22. The van der Waals surface area contributed by atoms with Gasteiger partial charge >= 0.3 is 17.9 Å². The summed E-state index contributed by atoms with van der Waals surface area (Å²) >= 11 is 0. The molecule has 0 saturated heterocycles. The third-order valence-electron chi connectivity index (χ3n) is 13.4. The number of aliphatic hydroxyl groups is 1. The van der Waals surface area contributed by atoms with E-state index >= 15 is 0 Å². The number of carboxylic acid groups (broad SMARTS) is 3. The van der Waals surface area contributed by atoms with Crippen molar-refractivity contribution in [3.63, 3.8) is 0 Å². The van der Waals surface area contributed by atoms with Crippen molar-refractivity contribution in [2.45, 2.75) is 199 Å². The van der Waals surface area contributed by atoms with Gasteiger partial charge in [0.2, 0.25) is 41.4 Å². The Morgan fingerprint density at radius 1 is 0.439 bits per heavy atom. The molecule has 0 aliphatic carbocycles. The molecule has 0 aliphatic rings. The highest BCUT2D eigenvalue weighted by molar-refractivity contribution is 5.86. The lowest BCUT2D eigenvalue weighted by Crippen LogP contribution is -2.48. The van der Waals surface area contributed by atoms with Crippen LogP contribution in [0.4, 0.5) is 0 Å². The second-order valence-electron chi connectivity index (χ2n) is 22.8. The van der Waals surface area contributed by atoms with Gasteiger partial charge < -0.3 is 68.4 Å². The van der Waals surface area contributed by atoms with Crippen LogP contribution in [0.25, 0.3) is 10.9 Å². The third kappa shape index (κ3) is 29.4. The van der Waals surface area contributed by atoms with Gasteiger partial charge in [0.25, 0.3) is 0 Å². The summed E-state index contributed by atoms with van der Waals surface area (Å²) < 4.78 is 0. The monoisotopic (exact) mass is 1150 g/mol. The Hall–Kier alpha value is -7.40. The topological polar surface area (TPSA) is 378 Å². The van der Waals surface area contributed by atoms with E-state index in [9.17, 15) is 63.3 Å². The van der Waals surface area contributed by atoms with E-state index in [-0.39, 0.29) is 101 Å². The molecular formula is C59H89N9O14. The number of fused-ring (bicyclic) bond motifs is 1. The first-order chi connectivity index (χ1) is 38.7. The summed E-state index contributed by atoms with van der Waals surface area (Å²) in [5.74, 6) is -6.83. The van der Waals surface area contributed by atoms with Crippen molar-refractivity contribution in [2.75, 3.05) is 6.61 Å². The van der Waals surface area contributed by atoms with Gasteiger partial charge in [-0.25, -0.2) is 0 Å². The fourth-order valence-electron chi connectivity index (χ4n) is 10.0. The lowest BCUT2D eigenvalue weighted by molar-refractivity contribution is -0.140. The molecule has 14 N–H and O–H groups in total. The second-order valence-corrected chi connectivity index (χ2v) is 22.8. The first-order valence-corrected chi connectivity index (χ1v) is 28.4. The molecule has 0 fully saturated rings. The van der Waals surface area contributed by atoms with Crippen LogP contribution in [-0.4, -0.2) is 140 Å². The molecule has 7 amide bonds.